The Balaban J connectivity index is 1.60. The molecule has 0 saturated heterocycles. The molecule has 1 aromatic heterocycles. The first-order valence-electron chi connectivity index (χ1n) is 10.6. The zero-order valence-corrected chi connectivity index (χ0v) is 17.7. The van der Waals surface area contributed by atoms with E-state index in [1.165, 1.54) is 4.90 Å². The van der Waals surface area contributed by atoms with Gasteiger partial charge in [-0.05, 0) is 44.4 Å². The number of hydrogen-bond acceptors (Lipinski definition) is 5. The van der Waals surface area contributed by atoms with Crippen molar-refractivity contribution in [1.82, 2.24) is 10.2 Å². The number of amides is 2. The number of carbonyl (C=O) groups is 3. The van der Waals surface area contributed by atoms with Crippen LogP contribution in [0.15, 0.2) is 58.2 Å². The molecule has 1 aliphatic heterocycles. The molecule has 1 aliphatic carbocycles. The predicted octanol–water partition coefficient (Wildman–Crippen LogP) is 3.53. The maximum Gasteiger partial charge on any atom is 0.336 e. The van der Waals surface area contributed by atoms with E-state index in [4.69, 9.17) is 9.15 Å². The Kier molecular flexibility index (Phi) is 5.93. The number of hydrogen-bond donors (Lipinski definition) is 1. The zero-order valence-electron chi connectivity index (χ0n) is 17.7. The van der Waals surface area contributed by atoms with Gasteiger partial charge in [-0.3, -0.25) is 9.59 Å². The highest BCUT2D eigenvalue weighted by Crippen LogP contribution is 2.37. The largest absolute Gasteiger partial charge is 0.463 e. The molecule has 2 aromatic rings. The molecule has 1 N–H and O–H groups in total. The van der Waals surface area contributed by atoms with E-state index in [0.29, 0.717) is 17.0 Å². The first-order chi connectivity index (χ1) is 15.0. The quantitative estimate of drug-likeness (QED) is 0.690. The summed E-state index contributed by atoms with van der Waals surface area (Å²) in [5.41, 5.74) is 1.92. The number of rotatable bonds is 7. The van der Waals surface area contributed by atoms with Gasteiger partial charge in [-0.1, -0.05) is 30.3 Å². The van der Waals surface area contributed by atoms with Crippen molar-refractivity contribution in [2.45, 2.75) is 51.6 Å². The molecule has 0 radical (unpaired) electrons. The Hall–Kier alpha value is -3.35. The molecule has 1 unspecified atom stereocenters. The number of nitrogens with zero attached hydrogens (tertiary/aromatic N) is 1. The van der Waals surface area contributed by atoms with Gasteiger partial charge in [0.05, 0.1) is 18.7 Å². The Labute approximate surface area is 181 Å². The summed E-state index contributed by atoms with van der Waals surface area (Å²) < 4.78 is 11.0. The van der Waals surface area contributed by atoms with E-state index in [1.54, 1.807) is 26.0 Å². The van der Waals surface area contributed by atoms with Crippen molar-refractivity contribution in [2.24, 2.45) is 0 Å². The molecule has 1 saturated carbocycles. The van der Waals surface area contributed by atoms with Crippen molar-refractivity contribution in [3.05, 3.63) is 70.8 Å². The number of furan rings is 1. The van der Waals surface area contributed by atoms with Crippen molar-refractivity contribution in [3.63, 3.8) is 0 Å². The Morgan fingerprint density at radius 3 is 2.58 bits per heavy atom. The summed E-state index contributed by atoms with van der Waals surface area (Å²) in [7, 11) is 0. The van der Waals surface area contributed by atoms with Crippen LogP contribution < -0.4 is 5.32 Å². The molecule has 2 aliphatic rings. The summed E-state index contributed by atoms with van der Waals surface area (Å²) in [5, 5.41) is 2.88. The van der Waals surface area contributed by atoms with Crippen molar-refractivity contribution >= 4 is 17.8 Å². The second-order valence-electron chi connectivity index (χ2n) is 7.88. The molecule has 7 heteroatoms. The second-order valence-corrected chi connectivity index (χ2v) is 7.88. The topological polar surface area (TPSA) is 88.8 Å². The van der Waals surface area contributed by atoms with Crippen molar-refractivity contribution in [2.75, 3.05) is 6.61 Å². The minimum atomic E-state index is -0.421. The number of esters is 1. The summed E-state index contributed by atoms with van der Waals surface area (Å²) in [6.07, 6.45) is 2.14. The summed E-state index contributed by atoms with van der Waals surface area (Å²) >= 11 is 0. The SMILES string of the molecule is CCOC(=O)C1=C(C)N(Cc2ccc(C(=O)NC3CC3)o2)C(=O)CC1c1ccccc1. The molecule has 2 heterocycles. The average Bonchev–Trinajstić information content (AvgIpc) is 3.44. The van der Waals surface area contributed by atoms with Gasteiger partial charge in [-0.2, -0.15) is 0 Å². The van der Waals surface area contributed by atoms with Crippen LogP contribution in [0.1, 0.15) is 60.9 Å². The van der Waals surface area contributed by atoms with Crippen LogP contribution in [0.25, 0.3) is 0 Å². The lowest BCUT2D eigenvalue weighted by atomic mass is 9.83. The van der Waals surface area contributed by atoms with Crippen LogP contribution in [0.3, 0.4) is 0 Å². The van der Waals surface area contributed by atoms with E-state index in [1.807, 2.05) is 30.3 Å². The highest BCUT2D eigenvalue weighted by molar-refractivity contribution is 5.96. The predicted molar refractivity (Wildman–Crippen MR) is 113 cm³/mol. The molecular weight excluding hydrogens is 396 g/mol. The van der Waals surface area contributed by atoms with Gasteiger partial charge in [-0.25, -0.2) is 4.79 Å². The first kappa shape index (κ1) is 20.9. The Morgan fingerprint density at radius 1 is 1.16 bits per heavy atom. The van der Waals surface area contributed by atoms with E-state index in [9.17, 15) is 14.4 Å². The van der Waals surface area contributed by atoms with Crippen LogP contribution in [-0.2, 0) is 20.9 Å². The van der Waals surface area contributed by atoms with Crippen LogP contribution in [0, 0.1) is 0 Å². The maximum atomic E-state index is 13.0. The number of ether oxygens (including phenoxy) is 1. The zero-order chi connectivity index (χ0) is 22.0. The minimum absolute atomic E-state index is 0.111. The standard InChI is InChI=1S/C24H26N2O5/c1-3-30-24(29)22-15(2)26(21(27)13-19(22)16-7-5-4-6-8-16)14-18-11-12-20(31-18)23(28)25-17-9-10-17/h4-8,11-12,17,19H,3,9-10,13-14H2,1-2H3,(H,25,28). The molecule has 2 amide bonds. The molecule has 1 fully saturated rings. The lowest BCUT2D eigenvalue weighted by molar-refractivity contribution is -0.140. The highest BCUT2D eigenvalue weighted by Gasteiger charge is 2.37. The highest BCUT2D eigenvalue weighted by atomic mass is 16.5. The van der Waals surface area contributed by atoms with Crippen molar-refractivity contribution in [3.8, 4) is 0 Å². The fourth-order valence-corrected chi connectivity index (χ4v) is 3.87. The molecule has 1 atom stereocenters. The van der Waals surface area contributed by atoms with Gasteiger partial charge in [0.2, 0.25) is 5.91 Å². The summed E-state index contributed by atoms with van der Waals surface area (Å²) in [6, 6.07) is 13.0. The lowest BCUT2D eigenvalue weighted by Crippen LogP contribution is -2.38. The van der Waals surface area contributed by atoms with Crippen LogP contribution in [-0.4, -0.2) is 35.3 Å². The second kappa shape index (κ2) is 8.79. The third-order valence-corrected chi connectivity index (χ3v) is 5.63. The molecule has 162 valence electrons. The Morgan fingerprint density at radius 2 is 1.90 bits per heavy atom. The first-order valence-corrected chi connectivity index (χ1v) is 10.6. The monoisotopic (exact) mass is 422 g/mol. The van der Waals surface area contributed by atoms with Gasteiger partial charge in [0.25, 0.3) is 5.91 Å². The van der Waals surface area contributed by atoms with Gasteiger partial charge in [-0.15, -0.1) is 0 Å². The van der Waals surface area contributed by atoms with Gasteiger partial charge in [0, 0.05) is 24.1 Å². The van der Waals surface area contributed by atoms with Crippen LogP contribution >= 0.6 is 0 Å². The normalized spacial score (nSPS) is 18.8. The van der Waals surface area contributed by atoms with Gasteiger partial charge < -0.3 is 19.4 Å². The third-order valence-electron chi connectivity index (χ3n) is 5.63. The van der Waals surface area contributed by atoms with Crippen LogP contribution in [0.5, 0.6) is 0 Å². The van der Waals surface area contributed by atoms with Gasteiger partial charge >= 0.3 is 5.97 Å². The summed E-state index contributed by atoms with van der Waals surface area (Å²) in [5.74, 6) is -0.436. The number of benzene rings is 1. The summed E-state index contributed by atoms with van der Waals surface area (Å²) in [6.45, 7) is 3.91. The summed E-state index contributed by atoms with van der Waals surface area (Å²) in [4.78, 5) is 39.6. The minimum Gasteiger partial charge on any atom is -0.463 e. The van der Waals surface area contributed by atoms with Gasteiger partial charge in [0.1, 0.15) is 5.76 Å². The molecular formula is C24H26N2O5. The van der Waals surface area contributed by atoms with E-state index >= 15 is 0 Å². The molecule has 0 bridgehead atoms. The molecule has 0 spiro atoms. The van der Waals surface area contributed by atoms with E-state index in [2.05, 4.69) is 5.32 Å². The smallest absolute Gasteiger partial charge is 0.336 e. The van der Waals surface area contributed by atoms with E-state index < -0.39 is 5.97 Å². The fraction of sp³-hybridized carbons (Fsp3) is 0.375. The maximum absolute atomic E-state index is 13.0. The van der Waals surface area contributed by atoms with E-state index in [0.717, 1.165) is 18.4 Å². The fourth-order valence-electron chi connectivity index (χ4n) is 3.87. The molecule has 1 aromatic carbocycles. The Bertz CT molecular complexity index is 1020. The molecule has 31 heavy (non-hydrogen) atoms. The van der Waals surface area contributed by atoms with Crippen molar-refractivity contribution < 1.29 is 23.5 Å². The molecule has 4 rings (SSSR count). The van der Waals surface area contributed by atoms with Crippen LogP contribution in [0.4, 0.5) is 0 Å². The van der Waals surface area contributed by atoms with Crippen molar-refractivity contribution in [1.29, 1.82) is 0 Å². The number of nitrogens with one attached hydrogen (secondary N) is 1. The third kappa shape index (κ3) is 4.55. The lowest BCUT2D eigenvalue weighted by Gasteiger charge is -2.34. The van der Waals surface area contributed by atoms with Gasteiger partial charge in [0.15, 0.2) is 5.76 Å². The molecule has 7 nitrogen and oxygen atoms in total. The number of allylic oxidation sites excluding steroid dienone is 1. The van der Waals surface area contributed by atoms with E-state index in [-0.39, 0.29) is 49.1 Å². The number of carbonyl (C=O) groups excluding carboxylic acids is 3. The van der Waals surface area contributed by atoms with Crippen LogP contribution in [0.2, 0.25) is 0 Å². The average molecular weight is 422 g/mol.